The highest BCUT2D eigenvalue weighted by atomic mass is 35.5. The van der Waals surface area contributed by atoms with Crippen molar-refractivity contribution >= 4 is 28.5 Å². The van der Waals surface area contributed by atoms with Gasteiger partial charge in [-0.25, -0.2) is 4.98 Å². The molecule has 1 saturated heterocycles. The number of aromatic nitrogens is 2. The quantitative estimate of drug-likeness (QED) is 0.621. The van der Waals surface area contributed by atoms with Gasteiger partial charge >= 0.3 is 0 Å². The molecule has 0 unspecified atom stereocenters. The van der Waals surface area contributed by atoms with E-state index in [1.165, 1.54) is 0 Å². The predicted molar refractivity (Wildman–Crippen MR) is 122 cm³/mol. The van der Waals surface area contributed by atoms with Gasteiger partial charge in [0.25, 0.3) is 0 Å². The average Bonchev–Trinajstić information content (AvgIpc) is 3.28. The van der Waals surface area contributed by atoms with Crippen molar-refractivity contribution in [1.29, 1.82) is 0 Å². The van der Waals surface area contributed by atoms with Crippen molar-refractivity contribution in [3.63, 3.8) is 0 Å². The Morgan fingerprint density at radius 3 is 2.61 bits per heavy atom. The third-order valence-electron chi connectivity index (χ3n) is 5.65. The van der Waals surface area contributed by atoms with E-state index in [1.54, 1.807) is 12.1 Å². The summed E-state index contributed by atoms with van der Waals surface area (Å²) in [5.41, 5.74) is 1.57. The Labute approximate surface area is 187 Å². The van der Waals surface area contributed by atoms with Crippen LogP contribution in [0.25, 0.3) is 11.0 Å². The zero-order valence-electron chi connectivity index (χ0n) is 18.1. The van der Waals surface area contributed by atoms with Gasteiger partial charge in [0.2, 0.25) is 5.91 Å². The zero-order chi connectivity index (χ0) is 22.2. The number of benzene rings is 2. The van der Waals surface area contributed by atoms with Crippen molar-refractivity contribution < 1.29 is 14.6 Å². The lowest BCUT2D eigenvalue weighted by molar-refractivity contribution is -0.131. The number of likely N-dealkylation sites (tertiary alicyclic amines) is 1. The molecule has 0 saturated carbocycles. The standard InChI is InChI=1S/C24H28ClN3O3/c1-24(2,3)28-13-16(12-22(28)30)23-26-19-9-5-6-10-20(19)27(23)14-17(29)15-31-21-11-7-4-8-18(21)25/h4-11,16-17,29H,12-15H2,1-3H3/t16-,17-/m0/s1. The fourth-order valence-electron chi connectivity index (χ4n) is 4.14. The Bertz CT molecular complexity index is 1090. The number of carbonyl (C=O) groups is 1. The zero-order valence-corrected chi connectivity index (χ0v) is 18.8. The highest BCUT2D eigenvalue weighted by Crippen LogP contribution is 2.34. The Morgan fingerprint density at radius 2 is 1.90 bits per heavy atom. The number of aliphatic hydroxyl groups excluding tert-OH is 1. The largest absolute Gasteiger partial charge is 0.489 e. The molecule has 3 aromatic rings. The number of hydrogen-bond acceptors (Lipinski definition) is 4. The Morgan fingerprint density at radius 1 is 1.19 bits per heavy atom. The van der Waals surface area contributed by atoms with E-state index in [2.05, 4.69) is 0 Å². The molecule has 0 aliphatic carbocycles. The van der Waals surface area contributed by atoms with Gasteiger partial charge in [0, 0.05) is 24.4 Å². The van der Waals surface area contributed by atoms with Gasteiger partial charge in [0.15, 0.2) is 0 Å². The third kappa shape index (κ3) is 4.55. The number of hydrogen-bond donors (Lipinski definition) is 1. The van der Waals surface area contributed by atoms with E-state index in [-0.39, 0.29) is 24.0 Å². The number of carbonyl (C=O) groups excluding carboxylic acids is 1. The fourth-order valence-corrected chi connectivity index (χ4v) is 4.33. The van der Waals surface area contributed by atoms with E-state index in [9.17, 15) is 9.90 Å². The lowest BCUT2D eigenvalue weighted by atomic mass is 10.1. The molecule has 4 rings (SSSR count). The number of amides is 1. The van der Waals surface area contributed by atoms with Crippen LogP contribution in [0.1, 0.15) is 38.9 Å². The first-order valence-electron chi connectivity index (χ1n) is 10.5. The van der Waals surface area contributed by atoms with E-state index < -0.39 is 6.10 Å². The summed E-state index contributed by atoms with van der Waals surface area (Å²) >= 11 is 6.15. The molecule has 0 bridgehead atoms. The van der Waals surface area contributed by atoms with Crippen LogP contribution in [0.4, 0.5) is 0 Å². The van der Waals surface area contributed by atoms with Gasteiger partial charge in [-0.2, -0.15) is 0 Å². The van der Waals surface area contributed by atoms with Gasteiger partial charge in [0.05, 0.1) is 22.6 Å². The number of aliphatic hydroxyl groups is 1. The van der Waals surface area contributed by atoms with Gasteiger partial charge in [0.1, 0.15) is 24.3 Å². The third-order valence-corrected chi connectivity index (χ3v) is 5.96. The lowest BCUT2D eigenvalue weighted by Gasteiger charge is -2.32. The monoisotopic (exact) mass is 441 g/mol. The van der Waals surface area contributed by atoms with Crippen LogP contribution >= 0.6 is 11.6 Å². The molecule has 1 N–H and O–H groups in total. The molecule has 164 valence electrons. The molecular weight excluding hydrogens is 414 g/mol. The minimum atomic E-state index is -0.761. The summed E-state index contributed by atoms with van der Waals surface area (Å²) in [5.74, 6) is 1.49. The van der Waals surface area contributed by atoms with Gasteiger partial charge < -0.3 is 19.3 Å². The number of halogens is 1. The molecule has 1 amide bonds. The molecule has 31 heavy (non-hydrogen) atoms. The number of imidazole rings is 1. The molecule has 1 aliphatic heterocycles. The van der Waals surface area contributed by atoms with Crippen LogP contribution in [0.2, 0.25) is 5.02 Å². The minimum Gasteiger partial charge on any atom is -0.489 e. The van der Waals surface area contributed by atoms with Crippen LogP contribution in [-0.4, -0.2) is 50.3 Å². The second kappa shape index (κ2) is 8.52. The number of fused-ring (bicyclic) bond motifs is 1. The first-order valence-corrected chi connectivity index (χ1v) is 10.9. The fraction of sp³-hybridized carbons (Fsp3) is 0.417. The second-order valence-corrected chi connectivity index (χ2v) is 9.45. The van der Waals surface area contributed by atoms with E-state index in [0.717, 1.165) is 16.9 Å². The number of ether oxygens (including phenoxy) is 1. The summed E-state index contributed by atoms with van der Waals surface area (Å²) in [6.45, 7) is 7.19. The van der Waals surface area contributed by atoms with Gasteiger partial charge in [-0.1, -0.05) is 35.9 Å². The highest BCUT2D eigenvalue weighted by molar-refractivity contribution is 6.32. The first kappa shape index (κ1) is 21.7. The molecule has 2 heterocycles. The summed E-state index contributed by atoms with van der Waals surface area (Å²) in [6, 6.07) is 15.1. The lowest BCUT2D eigenvalue weighted by Crippen LogP contribution is -2.42. The molecule has 2 aromatic carbocycles. The van der Waals surface area contributed by atoms with E-state index in [1.807, 2.05) is 66.6 Å². The van der Waals surface area contributed by atoms with Crippen molar-refractivity contribution in [2.24, 2.45) is 0 Å². The number of rotatable bonds is 6. The van der Waals surface area contributed by atoms with Crippen LogP contribution in [0.3, 0.4) is 0 Å². The molecule has 7 heteroatoms. The van der Waals surface area contributed by atoms with Crippen LogP contribution in [0.5, 0.6) is 5.75 Å². The topological polar surface area (TPSA) is 67.6 Å². The van der Waals surface area contributed by atoms with E-state index in [0.29, 0.717) is 30.3 Å². The number of nitrogens with zero attached hydrogens (tertiary/aromatic N) is 3. The number of para-hydroxylation sites is 3. The summed E-state index contributed by atoms with van der Waals surface area (Å²) in [7, 11) is 0. The normalized spacial score (nSPS) is 18.0. The maximum Gasteiger partial charge on any atom is 0.223 e. The maximum absolute atomic E-state index is 12.7. The van der Waals surface area contributed by atoms with Crippen molar-refractivity contribution in [3.8, 4) is 5.75 Å². The van der Waals surface area contributed by atoms with Crippen molar-refractivity contribution in [3.05, 3.63) is 59.4 Å². The SMILES string of the molecule is CC(C)(C)N1C[C@@H](c2nc3ccccc3n2C[C@H](O)COc2ccccc2Cl)CC1=O. The second-order valence-electron chi connectivity index (χ2n) is 9.04. The Balaban J connectivity index is 1.57. The van der Waals surface area contributed by atoms with Gasteiger partial charge in [-0.05, 0) is 45.0 Å². The highest BCUT2D eigenvalue weighted by Gasteiger charge is 2.39. The van der Waals surface area contributed by atoms with Crippen LogP contribution < -0.4 is 4.74 Å². The molecule has 1 aliphatic rings. The van der Waals surface area contributed by atoms with Gasteiger partial charge in [-0.15, -0.1) is 0 Å². The summed E-state index contributed by atoms with van der Waals surface area (Å²) in [4.78, 5) is 19.4. The summed E-state index contributed by atoms with van der Waals surface area (Å²) in [5, 5.41) is 11.2. The Hall–Kier alpha value is -2.57. The van der Waals surface area contributed by atoms with E-state index >= 15 is 0 Å². The van der Waals surface area contributed by atoms with Crippen LogP contribution in [0.15, 0.2) is 48.5 Å². The summed E-state index contributed by atoms with van der Waals surface area (Å²) < 4.78 is 7.75. The summed E-state index contributed by atoms with van der Waals surface area (Å²) in [6.07, 6.45) is -0.337. The first-order chi connectivity index (χ1) is 14.7. The molecular formula is C24H28ClN3O3. The Kier molecular flexibility index (Phi) is 5.95. The van der Waals surface area contributed by atoms with Gasteiger partial charge in [-0.3, -0.25) is 4.79 Å². The molecule has 2 atom stereocenters. The molecule has 0 radical (unpaired) electrons. The van der Waals surface area contributed by atoms with E-state index in [4.69, 9.17) is 21.3 Å². The van der Waals surface area contributed by atoms with Crippen LogP contribution in [0, 0.1) is 0 Å². The molecule has 0 spiro atoms. The molecule has 1 fully saturated rings. The smallest absolute Gasteiger partial charge is 0.223 e. The van der Waals surface area contributed by atoms with Crippen molar-refractivity contribution in [2.45, 2.75) is 51.3 Å². The predicted octanol–water partition coefficient (Wildman–Crippen LogP) is 4.24. The van der Waals surface area contributed by atoms with Crippen LogP contribution in [-0.2, 0) is 11.3 Å². The average molecular weight is 442 g/mol. The maximum atomic E-state index is 12.7. The van der Waals surface area contributed by atoms with Crippen molar-refractivity contribution in [2.75, 3.05) is 13.2 Å². The minimum absolute atomic E-state index is 0.0178. The molecule has 1 aromatic heterocycles. The molecule has 6 nitrogen and oxygen atoms in total. The van der Waals surface area contributed by atoms with Crippen molar-refractivity contribution in [1.82, 2.24) is 14.5 Å².